The van der Waals surface area contributed by atoms with Crippen molar-refractivity contribution in [3.05, 3.63) is 17.7 Å². The molecule has 2 rings (SSSR count). The summed E-state index contributed by atoms with van der Waals surface area (Å²) in [6, 6.07) is 0. The lowest BCUT2D eigenvalue weighted by Gasteiger charge is -2.27. The van der Waals surface area contributed by atoms with Gasteiger partial charge in [0.05, 0.1) is 18.0 Å². The molecular formula is C16H27N3O. The molecule has 1 aliphatic carbocycles. The molecule has 4 nitrogen and oxygen atoms in total. The Labute approximate surface area is 122 Å². The first kappa shape index (κ1) is 15.2. The molecule has 1 aliphatic rings. The number of aromatic nitrogens is 2. The van der Waals surface area contributed by atoms with Crippen molar-refractivity contribution in [1.29, 1.82) is 0 Å². The van der Waals surface area contributed by atoms with Crippen LogP contribution in [0.25, 0.3) is 0 Å². The fourth-order valence-electron chi connectivity index (χ4n) is 2.62. The Hall–Kier alpha value is -1.16. The lowest BCUT2D eigenvalue weighted by atomic mass is 9.89. The molecule has 1 aromatic heterocycles. The summed E-state index contributed by atoms with van der Waals surface area (Å²) in [5.74, 6) is 2.92. The minimum Gasteiger partial charge on any atom is -0.487 e. The van der Waals surface area contributed by atoms with E-state index >= 15 is 0 Å². The van der Waals surface area contributed by atoms with Gasteiger partial charge in [-0.25, -0.2) is 9.97 Å². The maximum Gasteiger partial charge on any atom is 0.160 e. The molecule has 0 spiro atoms. The molecule has 1 heterocycles. The van der Waals surface area contributed by atoms with Crippen LogP contribution >= 0.6 is 0 Å². The van der Waals surface area contributed by atoms with E-state index in [1.54, 1.807) is 0 Å². The van der Waals surface area contributed by atoms with Gasteiger partial charge in [-0.3, -0.25) is 0 Å². The topological polar surface area (TPSA) is 47.0 Å². The average molecular weight is 277 g/mol. The molecule has 0 atom stereocenters. The second-order valence-corrected chi connectivity index (χ2v) is 6.22. The third-order valence-electron chi connectivity index (χ3n) is 3.97. The smallest absolute Gasteiger partial charge is 0.160 e. The molecule has 1 aromatic rings. The maximum absolute atomic E-state index is 6.16. The Kier molecular flexibility index (Phi) is 5.35. The molecule has 0 amide bonds. The zero-order valence-corrected chi connectivity index (χ0v) is 13.1. The van der Waals surface area contributed by atoms with Gasteiger partial charge in [0.25, 0.3) is 0 Å². The molecule has 0 aliphatic heterocycles. The Balaban J connectivity index is 2.09. The lowest BCUT2D eigenvalue weighted by molar-refractivity contribution is 0.133. The number of rotatable bonds is 5. The summed E-state index contributed by atoms with van der Waals surface area (Å²) < 4.78 is 6.16. The van der Waals surface area contributed by atoms with Gasteiger partial charge < -0.3 is 10.1 Å². The molecule has 1 fully saturated rings. The third kappa shape index (κ3) is 3.92. The van der Waals surface area contributed by atoms with E-state index in [-0.39, 0.29) is 0 Å². The van der Waals surface area contributed by atoms with Gasteiger partial charge in [-0.05, 0) is 38.6 Å². The zero-order valence-electron chi connectivity index (χ0n) is 13.1. The summed E-state index contributed by atoms with van der Waals surface area (Å²) in [7, 11) is 1.93. The van der Waals surface area contributed by atoms with Crippen LogP contribution in [0.3, 0.4) is 0 Å². The number of hydrogen-bond acceptors (Lipinski definition) is 4. The van der Waals surface area contributed by atoms with Gasteiger partial charge in [-0.2, -0.15) is 0 Å². The molecule has 4 heteroatoms. The van der Waals surface area contributed by atoms with Crippen LogP contribution in [0, 0.1) is 5.92 Å². The van der Waals surface area contributed by atoms with Crippen molar-refractivity contribution >= 4 is 0 Å². The van der Waals surface area contributed by atoms with Crippen LogP contribution < -0.4 is 10.1 Å². The quantitative estimate of drug-likeness (QED) is 0.897. The van der Waals surface area contributed by atoms with Crippen molar-refractivity contribution < 1.29 is 4.74 Å². The molecular weight excluding hydrogens is 250 g/mol. The van der Waals surface area contributed by atoms with E-state index in [0.717, 1.165) is 42.6 Å². The predicted octanol–water partition coefficient (Wildman–Crippen LogP) is 3.28. The van der Waals surface area contributed by atoms with Crippen molar-refractivity contribution in [3.8, 4) is 5.75 Å². The van der Waals surface area contributed by atoms with Crippen molar-refractivity contribution in [2.45, 2.75) is 65.0 Å². The Morgan fingerprint density at radius 1 is 1.30 bits per heavy atom. The normalized spacial score (nSPS) is 23.1. The summed E-state index contributed by atoms with van der Waals surface area (Å²) >= 11 is 0. The minimum absolute atomic E-state index is 0.329. The monoisotopic (exact) mass is 277 g/mol. The first-order valence-corrected chi connectivity index (χ1v) is 7.77. The van der Waals surface area contributed by atoms with E-state index in [9.17, 15) is 0 Å². The average Bonchev–Trinajstić information content (AvgIpc) is 2.43. The predicted molar refractivity (Wildman–Crippen MR) is 80.9 cm³/mol. The second kappa shape index (κ2) is 7.02. The minimum atomic E-state index is 0.329. The van der Waals surface area contributed by atoms with Crippen LogP contribution in [-0.2, 0) is 6.54 Å². The molecule has 0 radical (unpaired) electrons. The molecule has 1 N–H and O–H groups in total. The molecule has 0 aromatic carbocycles. The van der Waals surface area contributed by atoms with Gasteiger partial charge in [0.2, 0.25) is 0 Å². The lowest BCUT2D eigenvalue weighted by Crippen LogP contribution is -2.24. The number of nitrogens with zero attached hydrogens (tertiary/aromatic N) is 2. The summed E-state index contributed by atoms with van der Waals surface area (Å²) in [6.07, 6.45) is 6.99. The Morgan fingerprint density at radius 2 is 2.00 bits per heavy atom. The summed E-state index contributed by atoms with van der Waals surface area (Å²) in [6.45, 7) is 7.27. The standard InChI is InChI=1S/C16H27N3O/c1-11(2)16-18-10-15(14(19-16)9-17-4)20-13-7-5-12(3)6-8-13/h10-13,17H,5-9H2,1-4H3. The number of nitrogens with one attached hydrogen (secondary N) is 1. The van der Waals surface area contributed by atoms with Crippen molar-refractivity contribution in [1.82, 2.24) is 15.3 Å². The fraction of sp³-hybridized carbons (Fsp3) is 0.750. The Bertz CT molecular complexity index is 426. The van der Waals surface area contributed by atoms with Crippen LogP contribution in [-0.4, -0.2) is 23.1 Å². The highest BCUT2D eigenvalue weighted by atomic mass is 16.5. The van der Waals surface area contributed by atoms with E-state index < -0.39 is 0 Å². The van der Waals surface area contributed by atoms with Gasteiger partial charge in [-0.1, -0.05) is 20.8 Å². The van der Waals surface area contributed by atoms with Crippen molar-refractivity contribution in [2.75, 3.05) is 7.05 Å². The fourth-order valence-corrected chi connectivity index (χ4v) is 2.62. The largest absolute Gasteiger partial charge is 0.487 e. The molecule has 20 heavy (non-hydrogen) atoms. The highest BCUT2D eigenvalue weighted by Crippen LogP contribution is 2.28. The molecule has 0 unspecified atom stereocenters. The number of hydrogen-bond donors (Lipinski definition) is 1. The maximum atomic E-state index is 6.16. The molecule has 1 saturated carbocycles. The van der Waals surface area contributed by atoms with Gasteiger partial charge in [0.15, 0.2) is 5.75 Å². The van der Waals surface area contributed by atoms with Gasteiger partial charge in [-0.15, -0.1) is 0 Å². The van der Waals surface area contributed by atoms with Gasteiger partial charge in [0, 0.05) is 12.5 Å². The summed E-state index contributed by atoms with van der Waals surface area (Å²) in [4.78, 5) is 9.08. The highest BCUT2D eigenvalue weighted by Gasteiger charge is 2.21. The van der Waals surface area contributed by atoms with Gasteiger partial charge >= 0.3 is 0 Å². The van der Waals surface area contributed by atoms with E-state index in [1.807, 2.05) is 13.2 Å². The van der Waals surface area contributed by atoms with Crippen molar-refractivity contribution in [2.24, 2.45) is 5.92 Å². The van der Waals surface area contributed by atoms with E-state index in [2.05, 4.69) is 36.1 Å². The van der Waals surface area contributed by atoms with E-state index in [1.165, 1.54) is 12.8 Å². The highest BCUT2D eigenvalue weighted by molar-refractivity contribution is 5.25. The number of ether oxygens (including phenoxy) is 1. The first-order chi connectivity index (χ1) is 9.60. The first-order valence-electron chi connectivity index (χ1n) is 7.77. The van der Waals surface area contributed by atoms with Crippen LogP contribution in [0.2, 0.25) is 0 Å². The van der Waals surface area contributed by atoms with Crippen LogP contribution in [0.1, 0.15) is 63.9 Å². The third-order valence-corrected chi connectivity index (χ3v) is 3.97. The molecule has 112 valence electrons. The zero-order chi connectivity index (χ0) is 14.5. The molecule has 0 bridgehead atoms. The second-order valence-electron chi connectivity index (χ2n) is 6.22. The summed E-state index contributed by atoms with van der Waals surface area (Å²) in [5, 5.41) is 3.16. The SMILES string of the molecule is CNCc1nc(C(C)C)ncc1OC1CCC(C)CC1. The van der Waals surface area contributed by atoms with Crippen LogP contribution in [0.5, 0.6) is 5.75 Å². The van der Waals surface area contributed by atoms with E-state index in [4.69, 9.17) is 4.74 Å². The Morgan fingerprint density at radius 3 is 2.60 bits per heavy atom. The van der Waals surface area contributed by atoms with Crippen LogP contribution in [0.15, 0.2) is 6.20 Å². The molecule has 0 saturated heterocycles. The van der Waals surface area contributed by atoms with Gasteiger partial charge in [0.1, 0.15) is 5.82 Å². The van der Waals surface area contributed by atoms with Crippen molar-refractivity contribution in [3.63, 3.8) is 0 Å². The van der Waals surface area contributed by atoms with Crippen LogP contribution in [0.4, 0.5) is 0 Å². The summed E-state index contributed by atoms with van der Waals surface area (Å²) in [5.41, 5.74) is 0.977. The van der Waals surface area contributed by atoms with E-state index in [0.29, 0.717) is 12.0 Å².